The maximum Gasteiger partial charge on any atom is 0.460 e. The molecule has 0 bridgehead atoms. The summed E-state index contributed by atoms with van der Waals surface area (Å²) in [5.74, 6) is -13.2. The number of halogens is 7. The summed E-state index contributed by atoms with van der Waals surface area (Å²) in [7, 11) is 0. The number of phenolic OH excluding ortho intramolecular Hbond substituents is 1. The van der Waals surface area contributed by atoms with Crippen LogP contribution in [0.3, 0.4) is 0 Å². The predicted molar refractivity (Wildman–Crippen MR) is 60.5 cm³/mol. The van der Waals surface area contributed by atoms with Gasteiger partial charge >= 0.3 is 18.0 Å². The Morgan fingerprint density at radius 1 is 0.762 bits per heavy atom. The first kappa shape index (κ1) is 15.4. The highest BCUT2D eigenvalue weighted by atomic mass is 19.4. The van der Waals surface area contributed by atoms with Crippen LogP contribution in [0.15, 0.2) is 36.4 Å². The predicted octanol–water partition coefficient (Wildman–Crippen LogP) is 4.83. The van der Waals surface area contributed by atoms with Gasteiger partial charge in [0, 0.05) is 5.39 Å². The molecule has 0 saturated heterocycles. The van der Waals surface area contributed by atoms with Crippen LogP contribution in [0.1, 0.15) is 5.56 Å². The summed E-state index contributed by atoms with van der Waals surface area (Å²) in [6.07, 6.45) is -6.45. The van der Waals surface area contributed by atoms with E-state index in [1.807, 2.05) is 0 Å². The Kier molecular flexibility index (Phi) is 3.30. The van der Waals surface area contributed by atoms with Crippen LogP contribution in [0, 0.1) is 0 Å². The first-order valence-electron chi connectivity index (χ1n) is 5.53. The lowest BCUT2D eigenvalue weighted by Crippen LogP contribution is -2.50. The molecular formula is C13H7F7O. The fraction of sp³-hybridized carbons (Fsp3) is 0.231. The van der Waals surface area contributed by atoms with Crippen LogP contribution < -0.4 is 0 Å². The minimum atomic E-state index is -6.45. The lowest BCUT2D eigenvalue weighted by molar-refractivity contribution is -0.359. The molecule has 0 saturated carbocycles. The molecule has 0 aliphatic heterocycles. The van der Waals surface area contributed by atoms with Gasteiger partial charge in [-0.05, 0) is 11.5 Å². The van der Waals surface area contributed by atoms with Crippen LogP contribution >= 0.6 is 0 Å². The highest BCUT2D eigenvalue weighted by Gasteiger charge is 2.74. The zero-order valence-corrected chi connectivity index (χ0v) is 10.1. The largest absolute Gasteiger partial charge is 0.507 e. The van der Waals surface area contributed by atoms with Gasteiger partial charge in [0.15, 0.2) is 0 Å². The zero-order valence-electron chi connectivity index (χ0n) is 10.1. The normalized spacial score (nSPS) is 13.7. The van der Waals surface area contributed by atoms with Crippen molar-refractivity contribution in [2.45, 2.75) is 18.0 Å². The molecule has 0 atom stereocenters. The molecular weight excluding hydrogens is 305 g/mol. The Labute approximate surface area is 113 Å². The van der Waals surface area contributed by atoms with E-state index in [1.165, 1.54) is 18.2 Å². The summed E-state index contributed by atoms with van der Waals surface area (Å²) in [4.78, 5) is 0. The van der Waals surface area contributed by atoms with E-state index in [2.05, 4.69) is 0 Å². The summed E-state index contributed by atoms with van der Waals surface area (Å²) in [5.41, 5.74) is -1.77. The van der Waals surface area contributed by atoms with E-state index in [4.69, 9.17) is 0 Å². The van der Waals surface area contributed by atoms with Gasteiger partial charge in [0.05, 0.1) is 5.56 Å². The molecule has 8 heteroatoms. The molecule has 114 valence electrons. The average molecular weight is 312 g/mol. The molecule has 2 rings (SSSR count). The van der Waals surface area contributed by atoms with Crippen molar-refractivity contribution in [3.05, 3.63) is 42.0 Å². The number of rotatable bonds is 2. The maximum atomic E-state index is 13.6. The molecule has 0 aliphatic carbocycles. The second-order valence-electron chi connectivity index (χ2n) is 4.33. The van der Waals surface area contributed by atoms with Crippen LogP contribution in [-0.2, 0) is 5.92 Å². The van der Waals surface area contributed by atoms with E-state index >= 15 is 0 Å². The smallest absolute Gasteiger partial charge is 0.460 e. The highest BCUT2D eigenvalue weighted by molar-refractivity contribution is 5.89. The maximum absolute atomic E-state index is 13.6. The van der Waals surface area contributed by atoms with E-state index < -0.39 is 29.3 Å². The van der Waals surface area contributed by atoms with Crippen molar-refractivity contribution in [1.82, 2.24) is 0 Å². The average Bonchev–Trinajstić information content (AvgIpc) is 2.37. The number of hydrogen-bond acceptors (Lipinski definition) is 1. The van der Waals surface area contributed by atoms with Crippen LogP contribution in [0.5, 0.6) is 5.75 Å². The lowest BCUT2D eigenvalue weighted by Gasteiger charge is -2.29. The minimum Gasteiger partial charge on any atom is -0.507 e. The third-order valence-electron chi connectivity index (χ3n) is 2.99. The van der Waals surface area contributed by atoms with E-state index in [1.54, 1.807) is 0 Å². The second kappa shape index (κ2) is 4.51. The van der Waals surface area contributed by atoms with Gasteiger partial charge < -0.3 is 5.11 Å². The van der Waals surface area contributed by atoms with Crippen molar-refractivity contribution in [2.24, 2.45) is 0 Å². The molecule has 0 unspecified atom stereocenters. The lowest BCUT2D eigenvalue weighted by atomic mass is 9.97. The van der Waals surface area contributed by atoms with Crippen LogP contribution in [0.25, 0.3) is 10.8 Å². The van der Waals surface area contributed by atoms with Gasteiger partial charge in [0.25, 0.3) is 0 Å². The molecule has 0 spiro atoms. The van der Waals surface area contributed by atoms with Crippen LogP contribution in [0.2, 0.25) is 0 Å². The van der Waals surface area contributed by atoms with Crippen molar-refractivity contribution in [3.8, 4) is 5.75 Å². The van der Waals surface area contributed by atoms with Gasteiger partial charge in [0.2, 0.25) is 0 Å². The number of fused-ring (bicyclic) bond motifs is 1. The first-order chi connectivity index (χ1) is 9.50. The topological polar surface area (TPSA) is 20.2 Å². The summed E-state index contributed by atoms with van der Waals surface area (Å²) in [6, 6.07) is 6.63. The Morgan fingerprint density at radius 2 is 1.33 bits per heavy atom. The monoisotopic (exact) mass is 312 g/mol. The number of benzene rings is 2. The first-order valence-corrected chi connectivity index (χ1v) is 5.53. The van der Waals surface area contributed by atoms with Crippen molar-refractivity contribution >= 4 is 10.8 Å². The molecule has 0 amide bonds. The van der Waals surface area contributed by atoms with Crippen molar-refractivity contribution in [2.75, 3.05) is 0 Å². The third-order valence-corrected chi connectivity index (χ3v) is 2.99. The Balaban J connectivity index is 2.68. The van der Waals surface area contributed by atoms with E-state index in [-0.39, 0.29) is 10.8 Å². The summed E-state index contributed by atoms with van der Waals surface area (Å²) in [6.45, 7) is 0. The molecule has 1 nitrogen and oxygen atoms in total. The molecule has 2 aromatic rings. The molecule has 0 radical (unpaired) electrons. The fourth-order valence-corrected chi connectivity index (χ4v) is 1.86. The zero-order chi connectivity index (χ0) is 16.1. The van der Waals surface area contributed by atoms with Crippen LogP contribution in [-0.4, -0.2) is 17.2 Å². The summed E-state index contributed by atoms with van der Waals surface area (Å²) >= 11 is 0. The number of alkyl halides is 7. The Morgan fingerprint density at radius 3 is 1.90 bits per heavy atom. The standard InChI is InChI=1S/C13H7F7O/c14-11(15,12(16,17)13(18,19)20)9-6-5-7-3-1-2-4-8(7)10(9)21/h1-6,21H. The van der Waals surface area contributed by atoms with Gasteiger partial charge in [0.1, 0.15) is 5.75 Å². The van der Waals surface area contributed by atoms with E-state index in [9.17, 15) is 35.8 Å². The highest BCUT2D eigenvalue weighted by Crippen LogP contribution is 2.54. The molecule has 0 aliphatic rings. The molecule has 0 aromatic heterocycles. The molecule has 0 heterocycles. The molecule has 0 fully saturated rings. The number of phenols is 1. The SMILES string of the molecule is Oc1c(C(F)(F)C(F)(F)C(F)(F)F)ccc2ccccc12. The van der Waals surface area contributed by atoms with Crippen molar-refractivity contribution in [3.63, 3.8) is 0 Å². The van der Waals surface area contributed by atoms with Gasteiger partial charge in [-0.15, -0.1) is 0 Å². The van der Waals surface area contributed by atoms with E-state index in [0.29, 0.717) is 6.07 Å². The van der Waals surface area contributed by atoms with Crippen molar-refractivity contribution < 1.29 is 35.8 Å². The van der Waals surface area contributed by atoms with E-state index in [0.717, 1.165) is 12.1 Å². The molecule has 1 N–H and O–H groups in total. The Hall–Kier alpha value is -1.99. The third kappa shape index (κ3) is 2.18. The van der Waals surface area contributed by atoms with Crippen molar-refractivity contribution in [1.29, 1.82) is 0 Å². The van der Waals surface area contributed by atoms with Gasteiger partial charge in [-0.1, -0.05) is 30.3 Å². The second-order valence-corrected chi connectivity index (χ2v) is 4.33. The summed E-state index contributed by atoms with van der Waals surface area (Å²) < 4.78 is 89.6. The molecule has 2 aromatic carbocycles. The number of aromatic hydroxyl groups is 1. The number of hydrogen-bond donors (Lipinski definition) is 1. The van der Waals surface area contributed by atoms with Gasteiger partial charge in [-0.25, -0.2) is 0 Å². The quantitative estimate of drug-likeness (QED) is 0.787. The minimum absolute atomic E-state index is 0.227. The van der Waals surface area contributed by atoms with Crippen LogP contribution in [0.4, 0.5) is 30.7 Å². The molecule has 21 heavy (non-hydrogen) atoms. The Bertz CT molecular complexity index is 676. The summed E-state index contributed by atoms with van der Waals surface area (Å²) in [5, 5.41) is 9.62. The van der Waals surface area contributed by atoms with Gasteiger partial charge in [-0.3, -0.25) is 0 Å². The fourth-order valence-electron chi connectivity index (χ4n) is 1.86. The van der Waals surface area contributed by atoms with Gasteiger partial charge in [-0.2, -0.15) is 30.7 Å².